The first-order chi connectivity index (χ1) is 13.5. The molecule has 0 bridgehead atoms. The Bertz CT molecular complexity index is 957. The maximum absolute atomic E-state index is 13.0. The molecule has 8 heteroatoms. The van der Waals surface area contributed by atoms with Gasteiger partial charge in [-0.25, -0.2) is 4.90 Å². The fraction of sp³-hybridized carbons (Fsp3) is 0.200. The minimum atomic E-state index is -0.658. The van der Waals surface area contributed by atoms with Crippen molar-refractivity contribution in [3.63, 3.8) is 0 Å². The average Bonchev–Trinajstić information content (AvgIpc) is 2.92. The minimum absolute atomic E-state index is 0.0382. The topological polar surface area (TPSA) is 77.1 Å². The first-order valence-electron chi connectivity index (χ1n) is 8.51. The van der Waals surface area contributed by atoms with E-state index in [1.54, 1.807) is 36.4 Å². The summed E-state index contributed by atoms with van der Waals surface area (Å²) in [6.45, 7) is 2.30. The van der Waals surface area contributed by atoms with Crippen molar-refractivity contribution in [2.24, 2.45) is 0 Å². The molecule has 0 aromatic heterocycles. The maximum atomic E-state index is 13.0. The van der Waals surface area contributed by atoms with E-state index in [1.807, 2.05) is 6.92 Å². The summed E-state index contributed by atoms with van der Waals surface area (Å²) in [5.74, 6) is 0.0839. The fourth-order valence-corrected chi connectivity index (χ4v) is 3.00. The molecule has 1 aliphatic heterocycles. The van der Waals surface area contributed by atoms with Gasteiger partial charge in [-0.05, 0) is 31.2 Å². The van der Waals surface area contributed by atoms with Crippen LogP contribution in [0.2, 0.25) is 0 Å². The van der Waals surface area contributed by atoms with Crippen molar-refractivity contribution in [1.29, 1.82) is 0 Å². The number of amides is 2. The Labute approximate surface area is 167 Å². The van der Waals surface area contributed by atoms with Gasteiger partial charge in [-0.3, -0.25) is 9.59 Å². The highest BCUT2D eigenvalue weighted by molar-refractivity contribution is 6.53. The number of nitrogens with one attached hydrogen (secondary N) is 1. The summed E-state index contributed by atoms with van der Waals surface area (Å²) in [4.78, 5) is 26.7. The molecule has 2 amide bonds. The van der Waals surface area contributed by atoms with Crippen LogP contribution in [0.3, 0.4) is 0 Å². The molecular formula is C20H19ClN2O5. The Balaban J connectivity index is 1.98. The van der Waals surface area contributed by atoms with Gasteiger partial charge in [0.25, 0.3) is 11.8 Å². The van der Waals surface area contributed by atoms with Gasteiger partial charge in [0.2, 0.25) is 0 Å². The van der Waals surface area contributed by atoms with Crippen molar-refractivity contribution in [1.82, 2.24) is 0 Å². The van der Waals surface area contributed by atoms with Crippen LogP contribution in [-0.2, 0) is 9.59 Å². The van der Waals surface area contributed by atoms with Gasteiger partial charge in [-0.15, -0.1) is 0 Å². The molecule has 1 N–H and O–H groups in total. The van der Waals surface area contributed by atoms with Gasteiger partial charge >= 0.3 is 0 Å². The van der Waals surface area contributed by atoms with Gasteiger partial charge in [0.15, 0.2) is 0 Å². The third-order valence-corrected chi connectivity index (χ3v) is 4.45. The molecule has 2 aromatic carbocycles. The number of anilines is 2. The molecule has 0 unspecified atom stereocenters. The molecule has 0 spiro atoms. The van der Waals surface area contributed by atoms with Crippen LogP contribution in [0.15, 0.2) is 53.2 Å². The average molecular weight is 403 g/mol. The third-order valence-electron chi connectivity index (χ3n) is 4.10. The number of carbonyl (C=O) groups is 2. The van der Waals surface area contributed by atoms with Gasteiger partial charge in [0.05, 0.1) is 32.2 Å². The van der Waals surface area contributed by atoms with Crippen LogP contribution in [0, 0.1) is 0 Å². The highest BCUT2D eigenvalue weighted by Gasteiger charge is 2.40. The predicted octanol–water partition coefficient (Wildman–Crippen LogP) is 3.54. The molecule has 1 heterocycles. The van der Waals surface area contributed by atoms with E-state index in [1.165, 1.54) is 20.3 Å². The number of methoxy groups -OCH3 is 2. The van der Waals surface area contributed by atoms with Crippen LogP contribution in [0.4, 0.5) is 11.4 Å². The first-order valence-corrected chi connectivity index (χ1v) is 8.89. The van der Waals surface area contributed by atoms with Gasteiger partial charge in [0.1, 0.15) is 28.0 Å². The zero-order valence-electron chi connectivity index (χ0n) is 15.6. The Morgan fingerprint density at radius 2 is 1.75 bits per heavy atom. The van der Waals surface area contributed by atoms with E-state index in [2.05, 4.69) is 5.32 Å². The summed E-state index contributed by atoms with van der Waals surface area (Å²) in [5.41, 5.74) is 0.728. The van der Waals surface area contributed by atoms with Crippen molar-refractivity contribution in [2.75, 3.05) is 31.0 Å². The minimum Gasteiger partial charge on any atom is -0.497 e. The molecule has 28 heavy (non-hydrogen) atoms. The Kier molecular flexibility index (Phi) is 5.75. The van der Waals surface area contributed by atoms with E-state index in [0.717, 1.165) is 4.90 Å². The van der Waals surface area contributed by atoms with E-state index in [0.29, 0.717) is 29.5 Å². The van der Waals surface area contributed by atoms with Crippen molar-refractivity contribution >= 4 is 34.8 Å². The highest BCUT2D eigenvalue weighted by Crippen LogP contribution is 2.38. The summed E-state index contributed by atoms with van der Waals surface area (Å²) < 4.78 is 16.0. The number of nitrogens with zero attached hydrogens (tertiary/aromatic N) is 1. The molecule has 146 valence electrons. The van der Waals surface area contributed by atoms with Gasteiger partial charge in [-0.1, -0.05) is 23.7 Å². The summed E-state index contributed by atoms with van der Waals surface area (Å²) in [7, 11) is 2.94. The zero-order valence-corrected chi connectivity index (χ0v) is 16.4. The third kappa shape index (κ3) is 3.48. The molecule has 0 saturated heterocycles. The number of rotatable bonds is 7. The van der Waals surface area contributed by atoms with Crippen LogP contribution < -0.4 is 24.4 Å². The second-order valence-electron chi connectivity index (χ2n) is 5.73. The van der Waals surface area contributed by atoms with Gasteiger partial charge < -0.3 is 19.5 Å². The largest absolute Gasteiger partial charge is 0.497 e. The second-order valence-corrected chi connectivity index (χ2v) is 6.10. The van der Waals surface area contributed by atoms with Crippen LogP contribution in [-0.4, -0.2) is 32.6 Å². The quantitative estimate of drug-likeness (QED) is 0.714. The van der Waals surface area contributed by atoms with Crippen molar-refractivity contribution in [2.45, 2.75) is 6.92 Å². The molecule has 0 radical (unpaired) electrons. The molecule has 0 saturated carbocycles. The number of hydrogen-bond acceptors (Lipinski definition) is 6. The number of carbonyl (C=O) groups excluding carboxylic acids is 2. The number of halogens is 1. The predicted molar refractivity (Wildman–Crippen MR) is 106 cm³/mol. The van der Waals surface area contributed by atoms with Crippen molar-refractivity contribution < 1.29 is 23.8 Å². The van der Waals surface area contributed by atoms with E-state index < -0.39 is 11.8 Å². The molecule has 0 aliphatic carbocycles. The lowest BCUT2D eigenvalue weighted by Gasteiger charge is -2.19. The van der Waals surface area contributed by atoms with Crippen molar-refractivity contribution in [3.8, 4) is 17.2 Å². The van der Waals surface area contributed by atoms with E-state index in [9.17, 15) is 9.59 Å². The fourth-order valence-electron chi connectivity index (χ4n) is 2.79. The highest BCUT2D eigenvalue weighted by atomic mass is 35.5. The molecule has 1 aliphatic rings. The lowest BCUT2D eigenvalue weighted by Crippen LogP contribution is -2.32. The summed E-state index contributed by atoms with van der Waals surface area (Å²) in [6.07, 6.45) is 0. The summed E-state index contributed by atoms with van der Waals surface area (Å²) >= 11 is 6.21. The van der Waals surface area contributed by atoms with E-state index >= 15 is 0 Å². The smallest absolute Gasteiger partial charge is 0.283 e. The lowest BCUT2D eigenvalue weighted by molar-refractivity contribution is -0.120. The number of ether oxygens (including phenoxy) is 3. The number of imide groups is 1. The number of benzene rings is 2. The van der Waals surface area contributed by atoms with Crippen LogP contribution in [0.1, 0.15) is 6.92 Å². The summed E-state index contributed by atoms with van der Waals surface area (Å²) in [5, 5.41) is 2.71. The van der Waals surface area contributed by atoms with Gasteiger partial charge in [-0.2, -0.15) is 0 Å². The molecule has 3 rings (SSSR count). The maximum Gasteiger partial charge on any atom is 0.283 e. The normalized spacial score (nSPS) is 13.8. The summed E-state index contributed by atoms with van der Waals surface area (Å²) in [6, 6.07) is 11.9. The number of hydrogen-bond donors (Lipinski definition) is 1. The Morgan fingerprint density at radius 1 is 1.00 bits per heavy atom. The monoisotopic (exact) mass is 402 g/mol. The van der Waals surface area contributed by atoms with E-state index in [4.69, 9.17) is 25.8 Å². The molecular weight excluding hydrogens is 384 g/mol. The first kappa shape index (κ1) is 19.6. The van der Waals surface area contributed by atoms with Crippen LogP contribution in [0.5, 0.6) is 17.2 Å². The van der Waals surface area contributed by atoms with E-state index in [-0.39, 0.29) is 16.4 Å². The second kappa shape index (κ2) is 8.22. The molecule has 7 nitrogen and oxygen atoms in total. The van der Waals surface area contributed by atoms with Crippen molar-refractivity contribution in [3.05, 3.63) is 53.2 Å². The zero-order chi connectivity index (χ0) is 20.3. The number of para-hydroxylation sites is 2. The van der Waals surface area contributed by atoms with Crippen LogP contribution >= 0.6 is 11.6 Å². The molecule has 2 aromatic rings. The molecule has 0 atom stereocenters. The Morgan fingerprint density at radius 3 is 2.43 bits per heavy atom. The molecule has 0 fully saturated rings. The van der Waals surface area contributed by atoms with Gasteiger partial charge in [0, 0.05) is 6.07 Å². The lowest BCUT2D eigenvalue weighted by atomic mass is 10.2. The SMILES string of the molecule is CCOc1ccccc1NC1=C(Cl)C(=O)N(c2cc(OC)ccc2OC)C1=O. The Hall–Kier alpha value is -3.19. The van der Waals surface area contributed by atoms with Crippen LogP contribution in [0.25, 0.3) is 0 Å². The standard InChI is InChI=1S/C20H19ClN2O5/c1-4-28-15-8-6-5-7-13(15)22-18-17(21)19(24)23(20(18)25)14-11-12(26-2)9-10-16(14)27-3/h5-11,22H,4H2,1-3H3.